The minimum Gasteiger partial charge on any atom is -0.494 e. The standard InChI is InChI=1S/C21H23Cl2N3O3/c1-21(23)20(26(2)16(27)11-24)19(28-3)17-15(25-21)10-9-14(22)18(17)29-12-13-7-5-4-6-8-13/h4-10,25H,11-12,24H2,1-3H3. The fourth-order valence-corrected chi connectivity index (χ4v) is 3.86. The maximum atomic E-state index is 12.3. The van der Waals surface area contributed by atoms with Gasteiger partial charge in [0.25, 0.3) is 0 Å². The predicted molar refractivity (Wildman–Crippen MR) is 116 cm³/mol. The van der Waals surface area contributed by atoms with Crippen LogP contribution in [0.2, 0.25) is 5.02 Å². The van der Waals surface area contributed by atoms with Gasteiger partial charge in [-0.15, -0.1) is 0 Å². The molecule has 1 atom stereocenters. The molecule has 0 fully saturated rings. The zero-order chi connectivity index (χ0) is 21.2. The molecule has 154 valence electrons. The van der Waals surface area contributed by atoms with E-state index in [-0.39, 0.29) is 12.5 Å². The fraction of sp³-hybridized carbons (Fsp3) is 0.286. The molecule has 29 heavy (non-hydrogen) atoms. The van der Waals surface area contributed by atoms with Gasteiger partial charge in [-0.2, -0.15) is 0 Å². The molecule has 0 spiro atoms. The van der Waals surface area contributed by atoms with Gasteiger partial charge in [-0.1, -0.05) is 53.5 Å². The first-order valence-corrected chi connectivity index (χ1v) is 9.77. The molecule has 0 aliphatic carbocycles. The molecule has 2 aromatic rings. The summed E-state index contributed by atoms with van der Waals surface area (Å²) in [6.45, 7) is 1.90. The lowest BCUT2D eigenvalue weighted by atomic mass is 9.98. The number of nitrogens with one attached hydrogen (secondary N) is 1. The number of alkyl halides is 1. The van der Waals surface area contributed by atoms with E-state index in [4.69, 9.17) is 38.4 Å². The van der Waals surface area contributed by atoms with Crippen LogP contribution in [-0.2, 0) is 16.1 Å². The first kappa shape index (κ1) is 21.3. The summed E-state index contributed by atoms with van der Waals surface area (Å²) in [4.78, 5) is 12.6. The van der Waals surface area contributed by atoms with Crippen molar-refractivity contribution in [1.82, 2.24) is 4.90 Å². The van der Waals surface area contributed by atoms with E-state index in [1.807, 2.05) is 30.3 Å². The van der Waals surface area contributed by atoms with Gasteiger partial charge in [-0.3, -0.25) is 4.79 Å². The zero-order valence-corrected chi connectivity index (χ0v) is 18.0. The van der Waals surface area contributed by atoms with Gasteiger partial charge < -0.3 is 25.4 Å². The number of carbonyl (C=O) groups is 1. The molecule has 0 saturated heterocycles. The Balaban J connectivity index is 2.13. The molecule has 0 aromatic heterocycles. The number of anilines is 1. The SMILES string of the molecule is COC1=C(N(C)C(=O)CN)C(C)(Cl)Nc2ccc(Cl)c(OCc3ccccc3)c21. The predicted octanol–water partition coefficient (Wildman–Crippen LogP) is 4.03. The lowest BCUT2D eigenvalue weighted by Gasteiger charge is -2.39. The number of nitrogens with zero attached hydrogens (tertiary/aromatic N) is 1. The van der Waals surface area contributed by atoms with Crippen LogP contribution in [0, 0.1) is 0 Å². The molecule has 1 aliphatic rings. The Bertz CT molecular complexity index is 946. The van der Waals surface area contributed by atoms with E-state index in [0.29, 0.717) is 40.1 Å². The third-order valence-electron chi connectivity index (χ3n) is 4.68. The minimum atomic E-state index is -1.11. The van der Waals surface area contributed by atoms with E-state index in [1.54, 1.807) is 26.1 Å². The molecule has 0 bridgehead atoms. The van der Waals surface area contributed by atoms with Crippen molar-refractivity contribution in [2.75, 3.05) is 26.0 Å². The molecule has 1 unspecified atom stereocenters. The highest BCUT2D eigenvalue weighted by Crippen LogP contribution is 2.48. The smallest absolute Gasteiger partial charge is 0.240 e. The van der Waals surface area contributed by atoms with Crippen molar-refractivity contribution in [2.24, 2.45) is 5.73 Å². The Hall–Kier alpha value is -2.41. The number of likely N-dealkylation sites (N-methyl/N-ethyl adjacent to an activating group) is 1. The Kier molecular flexibility index (Phi) is 6.27. The highest BCUT2D eigenvalue weighted by atomic mass is 35.5. The molecular weight excluding hydrogens is 413 g/mol. The molecule has 0 saturated carbocycles. The Morgan fingerprint density at radius 2 is 1.93 bits per heavy atom. The van der Waals surface area contributed by atoms with Crippen molar-refractivity contribution >= 4 is 40.6 Å². The molecule has 0 radical (unpaired) electrons. The van der Waals surface area contributed by atoms with Crippen molar-refractivity contribution in [3.05, 3.63) is 64.3 Å². The van der Waals surface area contributed by atoms with Crippen molar-refractivity contribution in [1.29, 1.82) is 0 Å². The van der Waals surface area contributed by atoms with Gasteiger partial charge in [-0.05, 0) is 24.6 Å². The molecule has 1 heterocycles. The second kappa shape index (κ2) is 8.53. The number of halogens is 2. The largest absolute Gasteiger partial charge is 0.494 e. The molecule has 6 nitrogen and oxygen atoms in total. The van der Waals surface area contributed by atoms with E-state index in [2.05, 4.69) is 5.32 Å². The fourth-order valence-electron chi connectivity index (χ4n) is 3.33. The average Bonchev–Trinajstić information content (AvgIpc) is 2.71. The number of hydrogen-bond acceptors (Lipinski definition) is 5. The van der Waals surface area contributed by atoms with Crippen LogP contribution in [-0.4, -0.2) is 36.5 Å². The van der Waals surface area contributed by atoms with Gasteiger partial charge in [0.1, 0.15) is 12.3 Å². The monoisotopic (exact) mass is 435 g/mol. The Morgan fingerprint density at radius 3 is 2.55 bits per heavy atom. The van der Waals surface area contributed by atoms with E-state index in [0.717, 1.165) is 5.56 Å². The topological polar surface area (TPSA) is 76.8 Å². The van der Waals surface area contributed by atoms with Crippen LogP contribution >= 0.6 is 23.2 Å². The number of hydrogen-bond donors (Lipinski definition) is 2. The minimum absolute atomic E-state index is 0.163. The van der Waals surface area contributed by atoms with Gasteiger partial charge in [-0.25, -0.2) is 0 Å². The van der Waals surface area contributed by atoms with Gasteiger partial charge in [0.15, 0.2) is 16.5 Å². The van der Waals surface area contributed by atoms with Crippen molar-refractivity contribution in [3.8, 4) is 5.75 Å². The number of nitrogens with two attached hydrogens (primary N) is 1. The summed E-state index contributed by atoms with van der Waals surface area (Å²) < 4.78 is 11.8. The first-order chi connectivity index (χ1) is 13.8. The van der Waals surface area contributed by atoms with Crippen molar-refractivity contribution < 1.29 is 14.3 Å². The normalized spacial score (nSPS) is 18.0. The summed E-state index contributed by atoms with van der Waals surface area (Å²) in [5, 5.41) is 3.65. The van der Waals surface area contributed by atoms with Gasteiger partial charge in [0.05, 0.1) is 29.9 Å². The zero-order valence-electron chi connectivity index (χ0n) is 16.5. The van der Waals surface area contributed by atoms with E-state index in [9.17, 15) is 4.79 Å². The van der Waals surface area contributed by atoms with Crippen molar-refractivity contribution in [3.63, 3.8) is 0 Å². The second-order valence-electron chi connectivity index (χ2n) is 6.74. The number of rotatable bonds is 6. The van der Waals surface area contributed by atoms with E-state index >= 15 is 0 Å². The van der Waals surface area contributed by atoms with E-state index in [1.165, 1.54) is 12.0 Å². The van der Waals surface area contributed by atoms with Crippen molar-refractivity contribution in [2.45, 2.75) is 18.5 Å². The quantitative estimate of drug-likeness (QED) is 0.528. The second-order valence-corrected chi connectivity index (χ2v) is 7.90. The number of methoxy groups -OCH3 is 1. The molecule has 2 aromatic carbocycles. The summed E-state index contributed by atoms with van der Waals surface area (Å²) in [5.41, 5.74) is 8.25. The number of benzene rings is 2. The molecule has 3 rings (SSSR count). The summed E-state index contributed by atoms with van der Waals surface area (Å²) in [7, 11) is 3.12. The van der Waals surface area contributed by atoms with Crippen LogP contribution < -0.4 is 15.8 Å². The lowest BCUT2D eigenvalue weighted by molar-refractivity contribution is -0.126. The van der Waals surface area contributed by atoms with Gasteiger partial charge >= 0.3 is 0 Å². The van der Waals surface area contributed by atoms with Crippen LogP contribution in [0.1, 0.15) is 18.1 Å². The molecule has 8 heteroatoms. The van der Waals surface area contributed by atoms with Crippen LogP contribution in [0.3, 0.4) is 0 Å². The Labute approximate surface area is 180 Å². The molecular formula is C21H23Cl2N3O3. The molecule has 1 aliphatic heterocycles. The first-order valence-electron chi connectivity index (χ1n) is 9.02. The Morgan fingerprint density at radius 1 is 1.24 bits per heavy atom. The van der Waals surface area contributed by atoms with Crippen LogP contribution in [0.25, 0.3) is 5.76 Å². The highest BCUT2D eigenvalue weighted by Gasteiger charge is 2.41. The van der Waals surface area contributed by atoms with Crippen LogP contribution in [0.15, 0.2) is 48.2 Å². The van der Waals surface area contributed by atoms with Crippen LogP contribution in [0.5, 0.6) is 5.75 Å². The molecule has 1 amide bonds. The number of amides is 1. The maximum absolute atomic E-state index is 12.3. The molecule has 3 N–H and O–H groups in total. The van der Waals surface area contributed by atoms with E-state index < -0.39 is 5.00 Å². The summed E-state index contributed by atoms with van der Waals surface area (Å²) in [5.74, 6) is 0.530. The number of carbonyl (C=O) groups excluding carboxylic acids is 1. The van der Waals surface area contributed by atoms with Crippen LogP contribution in [0.4, 0.5) is 5.69 Å². The number of ether oxygens (including phenoxy) is 2. The third kappa shape index (κ3) is 4.15. The average molecular weight is 436 g/mol. The third-order valence-corrected chi connectivity index (χ3v) is 5.25. The lowest BCUT2D eigenvalue weighted by Crippen LogP contribution is -2.45. The number of fused-ring (bicyclic) bond motifs is 1. The summed E-state index contributed by atoms with van der Waals surface area (Å²) >= 11 is 13.2. The van der Waals surface area contributed by atoms with Gasteiger partial charge in [0, 0.05) is 7.05 Å². The highest BCUT2D eigenvalue weighted by molar-refractivity contribution is 6.33. The summed E-state index contributed by atoms with van der Waals surface area (Å²) in [6.07, 6.45) is 0. The van der Waals surface area contributed by atoms with Gasteiger partial charge in [0.2, 0.25) is 5.91 Å². The maximum Gasteiger partial charge on any atom is 0.240 e. The summed E-state index contributed by atoms with van der Waals surface area (Å²) in [6, 6.07) is 13.3.